The summed E-state index contributed by atoms with van der Waals surface area (Å²) in [7, 11) is -0.204. The Morgan fingerprint density at radius 2 is 1.81 bits per heavy atom. The Kier molecular flexibility index (Phi) is 9.50. The molecule has 1 unspecified atom stereocenters. The van der Waals surface area contributed by atoms with E-state index in [9.17, 15) is 4.79 Å². The standard InChI is InChI=1S/C10H22O5Si/c1-5-14-16(15-6-2)10(12-4)7-8-13-9(3)11/h10,16H,5-8H2,1-4H3. The van der Waals surface area contributed by atoms with Crippen LogP contribution in [0.5, 0.6) is 0 Å². The molecule has 0 amide bonds. The second-order valence-electron chi connectivity index (χ2n) is 3.18. The maximum atomic E-state index is 10.6. The molecule has 0 N–H and O–H groups in total. The highest BCUT2D eigenvalue weighted by Gasteiger charge is 2.25. The van der Waals surface area contributed by atoms with Crippen LogP contribution in [0.1, 0.15) is 27.2 Å². The number of hydrogen-bond acceptors (Lipinski definition) is 5. The number of esters is 1. The smallest absolute Gasteiger partial charge is 0.351 e. The number of hydrogen-bond donors (Lipinski definition) is 0. The zero-order valence-corrected chi connectivity index (χ0v) is 11.7. The van der Waals surface area contributed by atoms with Crippen LogP contribution in [0.2, 0.25) is 0 Å². The summed E-state index contributed by atoms with van der Waals surface area (Å²) >= 11 is 0. The van der Waals surface area contributed by atoms with Gasteiger partial charge in [-0.25, -0.2) is 0 Å². The minimum absolute atomic E-state index is 0.0840. The van der Waals surface area contributed by atoms with Gasteiger partial charge in [0.2, 0.25) is 0 Å². The van der Waals surface area contributed by atoms with Gasteiger partial charge >= 0.3 is 15.3 Å². The predicted octanol–water partition coefficient (Wildman–Crippen LogP) is 0.787. The Morgan fingerprint density at radius 1 is 1.25 bits per heavy atom. The first-order valence-corrected chi connectivity index (χ1v) is 7.15. The monoisotopic (exact) mass is 250 g/mol. The van der Waals surface area contributed by atoms with Crippen LogP contribution in [0.3, 0.4) is 0 Å². The second-order valence-corrected chi connectivity index (χ2v) is 5.33. The Labute approximate surface area is 98.9 Å². The third-order valence-corrected chi connectivity index (χ3v) is 4.51. The molecule has 0 aromatic rings. The van der Waals surface area contributed by atoms with E-state index >= 15 is 0 Å². The second kappa shape index (κ2) is 9.77. The van der Waals surface area contributed by atoms with Crippen LogP contribution in [-0.2, 0) is 23.1 Å². The lowest BCUT2D eigenvalue weighted by atomic mass is 10.5. The highest BCUT2D eigenvalue weighted by Crippen LogP contribution is 2.06. The Hall–Kier alpha value is -0.433. The topological polar surface area (TPSA) is 54.0 Å². The SMILES string of the molecule is CCO[SiH](OCC)C(CCOC(C)=O)OC. The molecule has 0 rings (SSSR count). The summed E-state index contributed by atoms with van der Waals surface area (Å²) in [4.78, 5) is 10.6. The van der Waals surface area contributed by atoms with E-state index in [4.69, 9.17) is 18.3 Å². The molecule has 0 saturated heterocycles. The molecule has 16 heavy (non-hydrogen) atoms. The molecule has 6 heteroatoms. The summed E-state index contributed by atoms with van der Waals surface area (Å²) in [6, 6.07) is 0. The maximum absolute atomic E-state index is 10.6. The number of rotatable bonds is 9. The van der Waals surface area contributed by atoms with Crippen LogP contribution in [-0.4, -0.2) is 47.9 Å². The van der Waals surface area contributed by atoms with Crippen molar-refractivity contribution >= 4 is 15.3 Å². The molecule has 0 aromatic carbocycles. The molecule has 0 aliphatic heterocycles. The van der Waals surface area contributed by atoms with Gasteiger partial charge in [0.1, 0.15) is 5.73 Å². The zero-order valence-electron chi connectivity index (χ0n) is 10.5. The van der Waals surface area contributed by atoms with Crippen molar-refractivity contribution < 1.29 is 23.1 Å². The summed E-state index contributed by atoms with van der Waals surface area (Å²) in [6.45, 7) is 6.82. The summed E-state index contributed by atoms with van der Waals surface area (Å²) in [5.74, 6) is -0.277. The van der Waals surface area contributed by atoms with Gasteiger partial charge in [0.05, 0.1) is 6.61 Å². The van der Waals surface area contributed by atoms with Gasteiger partial charge in [0, 0.05) is 33.7 Å². The molecule has 96 valence electrons. The van der Waals surface area contributed by atoms with Gasteiger partial charge in [-0.3, -0.25) is 4.79 Å². The average molecular weight is 250 g/mol. The van der Waals surface area contributed by atoms with Crippen molar-refractivity contribution in [2.75, 3.05) is 26.9 Å². The van der Waals surface area contributed by atoms with Gasteiger partial charge in [0.15, 0.2) is 0 Å². The van der Waals surface area contributed by atoms with Crippen molar-refractivity contribution in [3.63, 3.8) is 0 Å². The van der Waals surface area contributed by atoms with Crippen LogP contribution >= 0.6 is 0 Å². The van der Waals surface area contributed by atoms with E-state index in [0.717, 1.165) is 0 Å². The molecule has 0 aliphatic rings. The third-order valence-electron chi connectivity index (χ3n) is 1.98. The first kappa shape index (κ1) is 15.6. The molecule has 0 heterocycles. The van der Waals surface area contributed by atoms with Gasteiger partial charge in [-0.15, -0.1) is 0 Å². The Bertz CT molecular complexity index is 182. The highest BCUT2D eigenvalue weighted by molar-refractivity contribution is 6.46. The molecule has 0 aliphatic carbocycles. The highest BCUT2D eigenvalue weighted by atomic mass is 28.3. The van der Waals surface area contributed by atoms with E-state index in [1.165, 1.54) is 6.92 Å². The van der Waals surface area contributed by atoms with Crippen molar-refractivity contribution in [3.8, 4) is 0 Å². The summed E-state index contributed by atoms with van der Waals surface area (Å²) < 4.78 is 21.3. The fourth-order valence-corrected chi connectivity index (χ4v) is 3.09. The summed E-state index contributed by atoms with van der Waals surface area (Å²) in [6.07, 6.45) is 0.618. The van der Waals surface area contributed by atoms with Crippen LogP contribution < -0.4 is 0 Å². The number of ether oxygens (including phenoxy) is 2. The van der Waals surface area contributed by atoms with E-state index in [0.29, 0.717) is 26.2 Å². The molecule has 0 aromatic heterocycles. The van der Waals surface area contributed by atoms with E-state index in [-0.39, 0.29) is 11.7 Å². The number of methoxy groups -OCH3 is 1. The van der Waals surface area contributed by atoms with Crippen LogP contribution in [0.15, 0.2) is 0 Å². The fourth-order valence-electron chi connectivity index (χ4n) is 1.28. The lowest BCUT2D eigenvalue weighted by molar-refractivity contribution is -0.141. The first-order chi connectivity index (χ1) is 7.65. The lowest BCUT2D eigenvalue weighted by Gasteiger charge is -2.23. The van der Waals surface area contributed by atoms with Crippen molar-refractivity contribution in [2.45, 2.75) is 32.9 Å². The van der Waals surface area contributed by atoms with Crippen molar-refractivity contribution in [3.05, 3.63) is 0 Å². The van der Waals surface area contributed by atoms with Gasteiger partial charge in [-0.2, -0.15) is 0 Å². The van der Waals surface area contributed by atoms with Gasteiger partial charge in [0.25, 0.3) is 0 Å². The first-order valence-electron chi connectivity index (χ1n) is 5.55. The third kappa shape index (κ3) is 6.94. The normalized spacial score (nSPS) is 12.8. The summed E-state index contributed by atoms with van der Waals surface area (Å²) in [5.41, 5.74) is -0.0840. The summed E-state index contributed by atoms with van der Waals surface area (Å²) in [5, 5.41) is 0. The quantitative estimate of drug-likeness (QED) is 0.447. The zero-order chi connectivity index (χ0) is 12.4. The molecule has 1 atom stereocenters. The predicted molar refractivity (Wildman–Crippen MR) is 62.4 cm³/mol. The molecular formula is C10H22O5Si. The minimum atomic E-state index is -1.83. The molecule has 0 bridgehead atoms. The van der Waals surface area contributed by atoms with Gasteiger partial charge in [-0.05, 0) is 13.8 Å². The molecule has 0 radical (unpaired) electrons. The number of carbonyl (C=O) groups excluding carboxylic acids is 1. The number of carbonyl (C=O) groups is 1. The van der Waals surface area contributed by atoms with Crippen LogP contribution in [0, 0.1) is 0 Å². The molecular weight excluding hydrogens is 228 g/mol. The lowest BCUT2D eigenvalue weighted by Crippen LogP contribution is -2.39. The minimum Gasteiger partial charge on any atom is -0.466 e. The van der Waals surface area contributed by atoms with E-state index in [1.54, 1.807) is 7.11 Å². The maximum Gasteiger partial charge on any atom is 0.351 e. The van der Waals surface area contributed by atoms with Crippen molar-refractivity contribution in [1.29, 1.82) is 0 Å². The molecule has 0 spiro atoms. The largest absolute Gasteiger partial charge is 0.466 e. The molecule has 0 saturated carbocycles. The van der Waals surface area contributed by atoms with E-state index in [1.807, 2.05) is 13.8 Å². The van der Waals surface area contributed by atoms with Gasteiger partial charge < -0.3 is 18.3 Å². The molecule has 0 fully saturated rings. The fraction of sp³-hybridized carbons (Fsp3) is 0.900. The van der Waals surface area contributed by atoms with E-state index < -0.39 is 9.28 Å². The van der Waals surface area contributed by atoms with Crippen molar-refractivity contribution in [1.82, 2.24) is 0 Å². The van der Waals surface area contributed by atoms with E-state index in [2.05, 4.69) is 0 Å². The Balaban J connectivity index is 4.03. The van der Waals surface area contributed by atoms with Gasteiger partial charge in [-0.1, -0.05) is 0 Å². The average Bonchev–Trinajstić information content (AvgIpc) is 2.24. The Morgan fingerprint density at radius 3 is 2.19 bits per heavy atom. The van der Waals surface area contributed by atoms with Crippen LogP contribution in [0.25, 0.3) is 0 Å². The molecule has 5 nitrogen and oxygen atoms in total. The van der Waals surface area contributed by atoms with Crippen molar-refractivity contribution in [2.24, 2.45) is 0 Å². The van der Waals surface area contributed by atoms with Crippen LogP contribution in [0.4, 0.5) is 0 Å².